The van der Waals surface area contributed by atoms with E-state index in [-0.39, 0.29) is 24.4 Å². The zero-order valence-electron chi connectivity index (χ0n) is 16.9. The second kappa shape index (κ2) is 12.1. The molecule has 27 heavy (non-hydrogen) atoms. The Bertz CT molecular complexity index is 727. The maximum atomic E-state index is 12.9. The summed E-state index contributed by atoms with van der Waals surface area (Å²) in [6, 6.07) is 11.2. The number of aryl methyl sites for hydroxylation is 1. The molecular formula is C21H26LiO4P. The summed E-state index contributed by atoms with van der Waals surface area (Å²) in [6.45, 7) is 4.89. The van der Waals surface area contributed by atoms with Gasteiger partial charge in [0, 0.05) is 5.52 Å². The van der Waals surface area contributed by atoms with Gasteiger partial charge in [0.25, 0.3) is 0 Å². The van der Waals surface area contributed by atoms with Crippen LogP contribution < -0.4 is 38.4 Å². The van der Waals surface area contributed by atoms with Crippen molar-refractivity contribution in [3.05, 3.63) is 47.5 Å². The smallest absolute Gasteiger partial charge is 0.496 e. The Morgan fingerprint density at radius 1 is 1.04 bits per heavy atom. The van der Waals surface area contributed by atoms with Gasteiger partial charge in [0.1, 0.15) is 17.2 Å². The maximum absolute atomic E-state index is 12.9. The summed E-state index contributed by atoms with van der Waals surface area (Å²) < 4.78 is 16.4. The van der Waals surface area contributed by atoms with Gasteiger partial charge in [-0.25, -0.2) is 0 Å². The fraction of sp³-hybridized carbons (Fsp3) is 0.381. The van der Waals surface area contributed by atoms with Crippen molar-refractivity contribution < 1.29 is 37.9 Å². The van der Waals surface area contributed by atoms with Crippen LogP contribution in [0.2, 0.25) is 0 Å². The van der Waals surface area contributed by atoms with E-state index in [2.05, 4.69) is 6.92 Å². The molecule has 0 bridgehead atoms. The Hall–Kier alpha value is -1.46. The summed E-state index contributed by atoms with van der Waals surface area (Å²) >= 11 is 0. The van der Waals surface area contributed by atoms with E-state index in [0.717, 1.165) is 29.6 Å². The van der Waals surface area contributed by atoms with Crippen LogP contribution in [0, 0.1) is 6.92 Å². The van der Waals surface area contributed by atoms with E-state index in [1.54, 1.807) is 32.4 Å². The molecule has 0 amide bonds. The van der Waals surface area contributed by atoms with Gasteiger partial charge in [-0.2, -0.15) is 5.30 Å². The molecule has 4 nitrogen and oxygen atoms in total. The molecule has 0 N–H and O–H groups in total. The van der Waals surface area contributed by atoms with Crippen molar-refractivity contribution in [1.29, 1.82) is 0 Å². The first kappa shape index (κ1) is 23.6. The minimum atomic E-state index is -0.0565. The third kappa shape index (κ3) is 6.58. The molecule has 0 fully saturated rings. The van der Waals surface area contributed by atoms with Crippen LogP contribution in [0.25, 0.3) is 0 Å². The molecule has 0 saturated heterocycles. The zero-order chi connectivity index (χ0) is 18.9. The number of hydrogen-bond donors (Lipinski definition) is 0. The molecule has 0 radical (unpaired) electrons. The Morgan fingerprint density at radius 2 is 1.70 bits per heavy atom. The second-order valence-electron chi connectivity index (χ2n) is 5.96. The maximum Gasteiger partial charge on any atom is 1.00 e. The number of hydrogen-bond acceptors (Lipinski definition) is 4. The number of rotatable bonds is 10. The van der Waals surface area contributed by atoms with Crippen molar-refractivity contribution in [3.63, 3.8) is 0 Å². The average molecular weight is 380 g/mol. The van der Waals surface area contributed by atoms with Crippen molar-refractivity contribution in [2.75, 3.05) is 20.8 Å². The third-order valence-corrected chi connectivity index (χ3v) is 5.22. The van der Waals surface area contributed by atoms with Crippen LogP contribution in [0.1, 0.15) is 42.1 Å². The standard InChI is InChI=1S/C21H26O4P.Li/c1-5-6-7-13-25-16-11-12-19(15(2)14-16)26-21(22)20-17(23-3)9-8-10-18(20)24-4;/h8-12,14H,5-7,13H2,1-4H3;/q-1;+1. The molecule has 6 heteroatoms. The molecule has 0 unspecified atom stereocenters. The van der Waals surface area contributed by atoms with Crippen LogP contribution in [0.3, 0.4) is 0 Å². The number of unbranched alkanes of at least 4 members (excludes halogenated alkanes) is 2. The quantitative estimate of drug-likeness (QED) is 0.359. The normalized spacial score (nSPS) is 10.5. The van der Waals surface area contributed by atoms with Crippen LogP contribution in [0.4, 0.5) is 0 Å². The SMILES string of the molecule is CCCCCOc1ccc([P-]C(=O)c2c(OC)cccc2OC)c(C)c1.[Li+]. The molecule has 0 aliphatic rings. The van der Waals surface area contributed by atoms with Gasteiger partial charge in [-0.05, 0) is 37.6 Å². The average Bonchev–Trinajstić information content (AvgIpc) is 2.66. The first-order valence-electron chi connectivity index (χ1n) is 8.81. The molecule has 0 heterocycles. The number of methoxy groups -OCH3 is 2. The van der Waals surface area contributed by atoms with Gasteiger partial charge in [-0.15, -0.1) is 0 Å². The predicted octanol–water partition coefficient (Wildman–Crippen LogP) is 2.00. The number of ether oxygens (including phenoxy) is 3. The van der Waals surface area contributed by atoms with Crippen molar-refractivity contribution >= 4 is 19.4 Å². The first-order chi connectivity index (χ1) is 12.6. The molecule has 2 rings (SSSR count). The first-order valence-corrected chi connectivity index (χ1v) is 9.70. The summed E-state index contributed by atoms with van der Waals surface area (Å²) in [5.41, 5.74) is 1.44. The van der Waals surface area contributed by atoms with Crippen LogP contribution in [-0.2, 0) is 0 Å². The molecular weight excluding hydrogens is 354 g/mol. The molecule has 2 aromatic rings. The van der Waals surface area contributed by atoms with Crippen molar-refractivity contribution in [3.8, 4) is 17.2 Å². The van der Waals surface area contributed by atoms with Crippen molar-refractivity contribution in [2.24, 2.45) is 0 Å². The predicted molar refractivity (Wildman–Crippen MR) is 107 cm³/mol. The molecule has 0 saturated carbocycles. The van der Waals surface area contributed by atoms with Gasteiger partial charge in [0.05, 0.1) is 26.4 Å². The second-order valence-corrected chi connectivity index (χ2v) is 7.07. The summed E-state index contributed by atoms with van der Waals surface area (Å²) in [4.78, 5) is 12.9. The minimum absolute atomic E-state index is 0. The van der Waals surface area contributed by atoms with Gasteiger partial charge >= 0.3 is 18.9 Å². The van der Waals surface area contributed by atoms with Crippen LogP contribution >= 0.6 is 8.58 Å². The largest absolute Gasteiger partial charge is 1.00 e. The Morgan fingerprint density at radius 3 is 2.26 bits per heavy atom. The van der Waals surface area contributed by atoms with E-state index < -0.39 is 0 Å². The topological polar surface area (TPSA) is 44.8 Å². The number of benzene rings is 2. The van der Waals surface area contributed by atoms with Gasteiger partial charge < -0.3 is 27.6 Å². The summed E-state index contributed by atoms with van der Waals surface area (Å²) in [5.74, 6) is 1.89. The van der Waals surface area contributed by atoms with Gasteiger partial charge in [0.2, 0.25) is 0 Å². The third-order valence-electron chi connectivity index (χ3n) is 4.05. The molecule has 0 aliphatic carbocycles. The molecule has 0 atom stereocenters. The summed E-state index contributed by atoms with van der Waals surface area (Å²) in [7, 11) is 3.69. The fourth-order valence-corrected chi connectivity index (χ4v) is 3.55. The van der Waals surface area contributed by atoms with Crippen LogP contribution in [0.15, 0.2) is 36.4 Å². The number of carbonyl (C=O) groups is 1. The van der Waals surface area contributed by atoms with Crippen LogP contribution in [-0.4, -0.2) is 26.4 Å². The van der Waals surface area contributed by atoms with Gasteiger partial charge in [0.15, 0.2) is 0 Å². The molecule has 0 aliphatic heterocycles. The minimum Gasteiger partial charge on any atom is -0.496 e. The van der Waals surface area contributed by atoms with E-state index >= 15 is 0 Å². The molecule has 140 valence electrons. The summed E-state index contributed by atoms with van der Waals surface area (Å²) in [6.07, 6.45) is 3.40. The monoisotopic (exact) mass is 380 g/mol. The number of carbonyl (C=O) groups excluding carboxylic acids is 1. The van der Waals surface area contributed by atoms with Crippen molar-refractivity contribution in [1.82, 2.24) is 0 Å². The van der Waals surface area contributed by atoms with E-state index in [4.69, 9.17) is 14.2 Å². The Labute approximate surface area is 175 Å². The fourth-order valence-electron chi connectivity index (χ4n) is 2.61. The Balaban J connectivity index is 0.00000364. The Kier molecular flexibility index (Phi) is 10.6. The molecule has 2 aromatic carbocycles. The van der Waals surface area contributed by atoms with E-state index in [9.17, 15) is 4.79 Å². The van der Waals surface area contributed by atoms with Gasteiger partial charge in [-0.1, -0.05) is 37.5 Å². The van der Waals surface area contributed by atoms with E-state index in [1.807, 2.05) is 25.1 Å². The molecule has 0 spiro atoms. The summed E-state index contributed by atoms with van der Waals surface area (Å²) in [5, 5.41) is 0.948. The molecule has 0 aromatic heterocycles. The van der Waals surface area contributed by atoms with E-state index in [0.29, 0.717) is 25.6 Å². The van der Waals surface area contributed by atoms with E-state index in [1.165, 1.54) is 12.8 Å². The zero-order valence-corrected chi connectivity index (χ0v) is 17.8. The van der Waals surface area contributed by atoms with Crippen LogP contribution in [0.5, 0.6) is 17.2 Å². The van der Waals surface area contributed by atoms with Crippen molar-refractivity contribution in [2.45, 2.75) is 33.1 Å². The van der Waals surface area contributed by atoms with Gasteiger partial charge in [-0.3, -0.25) is 0 Å².